The Kier molecular flexibility index (Phi) is 7.02. The van der Waals surface area contributed by atoms with Gasteiger partial charge in [0, 0.05) is 16.8 Å². The molecule has 3 rings (SSSR count). The smallest absolute Gasteiger partial charge is 0.265 e. The fraction of sp³-hybridized carbons (Fsp3) is 0.231. The Morgan fingerprint density at radius 2 is 1.43 bits per heavy atom. The van der Waals surface area contributed by atoms with Crippen LogP contribution in [0.3, 0.4) is 0 Å². The Balaban J connectivity index is 1.64. The van der Waals surface area contributed by atoms with E-state index in [9.17, 15) is 9.59 Å². The van der Waals surface area contributed by atoms with Crippen molar-refractivity contribution < 1.29 is 14.3 Å². The van der Waals surface area contributed by atoms with E-state index in [0.717, 1.165) is 17.7 Å². The van der Waals surface area contributed by atoms with Gasteiger partial charge in [-0.1, -0.05) is 62.4 Å². The molecule has 1 N–H and O–H groups in total. The number of amides is 1. The van der Waals surface area contributed by atoms with Crippen LogP contribution in [0.5, 0.6) is 5.75 Å². The summed E-state index contributed by atoms with van der Waals surface area (Å²) in [6.07, 6.45) is 0.318. The highest BCUT2D eigenvalue weighted by Crippen LogP contribution is 2.27. The largest absolute Gasteiger partial charge is 0.481 e. The maximum Gasteiger partial charge on any atom is 0.265 e. The molecule has 0 heterocycles. The number of nitrogens with one attached hydrogen (secondary N) is 1. The van der Waals surface area contributed by atoms with E-state index in [4.69, 9.17) is 4.74 Å². The number of rotatable bonds is 8. The number of carbonyl (C=O) groups is 2. The summed E-state index contributed by atoms with van der Waals surface area (Å²) in [6.45, 7) is 5.98. The molecule has 0 aliphatic carbocycles. The summed E-state index contributed by atoms with van der Waals surface area (Å²) in [6, 6.07) is 23.8. The molecule has 0 aromatic heterocycles. The van der Waals surface area contributed by atoms with Gasteiger partial charge in [-0.3, -0.25) is 9.59 Å². The topological polar surface area (TPSA) is 55.4 Å². The van der Waals surface area contributed by atoms with Crippen LogP contribution in [0.4, 0.5) is 5.69 Å². The number of ether oxygens (including phenoxy) is 1. The maximum atomic E-state index is 12.6. The first-order chi connectivity index (χ1) is 14.5. The van der Waals surface area contributed by atoms with E-state index in [1.807, 2.05) is 42.5 Å². The Bertz CT molecular complexity index is 996. The molecule has 0 radical (unpaired) electrons. The van der Waals surface area contributed by atoms with Crippen molar-refractivity contribution in [3.8, 4) is 5.75 Å². The van der Waals surface area contributed by atoms with Gasteiger partial charge in [-0.2, -0.15) is 0 Å². The van der Waals surface area contributed by atoms with E-state index in [2.05, 4.69) is 19.2 Å². The minimum Gasteiger partial charge on any atom is -0.481 e. The molecule has 0 spiro atoms. The molecule has 4 nitrogen and oxygen atoms in total. The van der Waals surface area contributed by atoms with Crippen LogP contribution in [0, 0.1) is 0 Å². The fourth-order valence-electron chi connectivity index (χ4n) is 3.19. The third-order valence-electron chi connectivity index (χ3n) is 5.20. The van der Waals surface area contributed by atoms with Crippen molar-refractivity contribution in [1.82, 2.24) is 0 Å². The first-order valence-corrected chi connectivity index (χ1v) is 10.3. The predicted octanol–water partition coefficient (Wildman–Crippen LogP) is 5.84. The molecule has 1 amide bonds. The zero-order chi connectivity index (χ0) is 21.5. The van der Waals surface area contributed by atoms with Crippen LogP contribution < -0.4 is 10.1 Å². The normalized spacial score (nSPS) is 12.6. The van der Waals surface area contributed by atoms with Crippen LogP contribution in [0.25, 0.3) is 0 Å². The highest BCUT2D eigenvalue weighted by molar-refractivity contribution is 6.09. The molecule has 0 saturated heterocycles. The minimum atomic E-state index is -0.675. The van der Waals surface area contributed by atoms with E-state index in [-0.39, 0.29) is 11.7 Å². The van der Waals surface area contributed by atoms with Gasteiger partial charge in [0.05, 0.1) is 0 Å². The number of benzene rings is 3. The number of hydrogen-bond acceptors (Lipinski definition) is 3. The van der Waals surface area contributed by atoms with Crippen LogP contribution >= 0.6 is 0 Å². The zero-order valence-corrected chi connectivity index (χ0v) is 17.6. The highest BCUT2D eigenvalue weighted by atomic mass is 16.5. The van der Waals surface area contributed by atoms with Crippen molar-refractivity contribution in [3.63, 3.8) is 0 Å². The molecule has 3 aromatic carbocycles. The lowest BCUT2D eigenvalue weighted by Gasteiger charge is -2.18. The Hall–Kier alpha value is -3.40. The second-order valence-electron chi connectivity index (χ2n) is 7.37. The molecule has 0 unspecified atom stereocenters. The molecule has 0 saturated carbocycles. The van der Waals surface area contributed by atoms with Crippen molar-refractivity contribution in [3.05, 3.63) is 95.6 Å². The van der Waals surface area contributed by atoms with E-state index in [1.54, 1.807) is 43.3 Å². The summed E-state index contributed by atoms with van der Waals surface area (Å²) < 4.78 is 5.79. The van der Waals surface area contributed by atoms with Crippen molar-refractivity contribution >= 4 is 17.4 Å². The van der Waals surface area contributed by atoms with E-state index < -0.39 is 6.10 Å². The fourth-order valence-corrected chi connectivity index (χ4v) is 3.19. The standard InChI is InChI=1S/C26H27NO3/c1-4-18(2)23-12-8-9-13-24(23)27-26(29)19(3)30-22-16-14-21(15-17-22)25(28)20-10-6-5-7-11-20/h5-19H,4H2,1-3H3,(H,27,29)/t18-,19+/m1/s1. The molecule has 2 atom stereocenters. The highest BCUT2D eigenvalue weighted by Gasteiger charge is 2.18. The van der Waals surface area contributed by atoms with Crippen LogP contribution in [-0.4, -0.2) is 17.8 Å². The molecule has 0 aliphatic rings. The van der Waals surface area contributed by atoms with Crippen LogP contribution in [-0.2, 0) is 4.79 Å². The van der Waals surface area contributed by atoms with Gasteiger partial charge in [0.15, 0.2) is 11.9 Å². The van der Waals surface area contributed by atoms with Gasteiger partial charge in [-0.15, -0.1) is 0 Å². The molecule has 30 heavy (non-hydrogen) atoms. The predicted molar refractivity (Wildman–Crippen MR) is 120 cm³/mol. The van der Waals surface area contributed by atoms with Crippen molar-refractivity contribution in [2.75, 3.05) is 5.32 Å². The molecule has 0 fully saturated rings. The number of anilines is 1. The van der Waals surface area contributed by atoms with Gasteiger partial charge in [-0.25, -0.2) is 0 Å². The van der Waals surface area contributed by atoms with E-state index in [1.165, 1.54) is 0 Å². The van der Waals surface area contributed by atoms with Gasteiger partial charge in [0.25, 0.3) is 5.91 Å². The lowest BCUT2D eigenvalue weighted by atomic mass is 9.97. The zero-order valence-electron chi connectivity index (χ0n) is 17.6. The SMILES string of the molecule is CC[C@@H](C)c1ccccc1NC(=O)[C@H](C)Oc1ccc(C(=O)c2ccccc2)cc1. The Morgan fingerprint density at radius 1 is 0.833 bits per heavy atom. The Morgan fingerprint density at radius 3 is 2.10 bits per heavy atom. The first kappa shape index (κ1) is 21.3. The minimum absolute atomic E-state index is 0.0467. The quantitative estimate of drug-likeness (QED) is 0.483. The molecule has 3 aromatic rings. The first-order valence-electron chi connectivity index (χ1n) is 10.3. The van der Waals surface area contributed by atoms with Gasteiger partial charge in [-0.05, 0) is 55.2 Å². The van der Waals surface area contributed by atoms with Gasteiger partial charge in [0.2, 0.25) is 0 Å². The van der Waals surface area contributed by atoms with Crippen molar-refractivity contribution in [1.29, 1.82) is 0 Å². The number of para-hydroxylation sites is 1. The molecule has 0 aliphatic heterocycles. The summed E-state index contributed by atoms with van der Waals surface area (Å²) in [5, 5.41) is 2.98. The number of ketones is 1. The van der Waals surface area contributed by atoms with Crippen LogP contribution in [0.15, 0.2) is 78.9 Å². The lowest BCUT2D eigenvalue weighted by molar-refractivity contribution is -0.122. The monoisotopic (exact) mass is 401 g/mol. The molecule has 4 heteroatoms. The number of hydrogen-bond donors (Lipinski definition) is 1. The second-order valence-corrected chi connectivity index (χ2v) is 7.37. The molecular weight excluding hydrogens is 374 g/mol. The summed E-state index contributed by atoms with van der Waals surface area (Å²) >= 11 is 0. The van der Waals surface area contributed by atoms with Gasteiger partial charge < -0.3 is 10.1 Å². The third-order valence-corrected chi connectivity index (χ3v) is 5.20. The summed E-state index contributed by atoms with van der Waals surface area (Å²) in [7, 11) is 0. The second kappa shape index (κ2) is 9.88. The van der Waals surface area contributed by atoms with E-state index in [0.29, 0.717) is 22.8 Å². The van der Waals surface area contributed by atoms with Gasteiger partial charge >= 0.3 is 0 Å². The number of carbonyl (C=O) groups excluding carboxylic acids is 2. The van der Waals surface area contributed by atoms with Crippen molar-refractivity contribution in [2.45, 2.75) is 39.2 Å². The Labute approximate surface area is 177 Å². The summed E-state index contributed by atoms with van der Waals surface area (Å²) in [4.78, 5) is 25.1. The van der Waals surface area contributed by atoms with Crippen LogP contribution in [0.1, 0.15) is 54.6 Å². The van der Waals surface area contributed by atoms with Gasteiger partial charge in [0.1, 0.15) is 5.75 Å². The summed E-state index contributed by atoms with van der Waals surface area (Å²) in [5.74, 6) is 0.634. The maximum absolute atomic E-state index is 12.6. The molecule has 0 bridgehead atoms. The molecule has 154 valence electrons. The summed E-state index contributed by atoms with van der Waals surface area (Å²) in [5.41, 5.74) is 3.15. The van der Waals surface area contributed by atoms with Crippen molar-refractivity contribution in [2.24, 2.45) is 0 Å². The average Bonchev–Trinajstić information content (AvgIpc) is 2.79. The molecular formula is C26H27NO3. The average molecular weight is 402 g/mol. The van der Waals surface area contributed by atoms with E-state index >= 15 is 0 Å². The van der Waals surface area contributed by atoms with Crippen LogP contribution in [0.2, 0.25) is 0 Å². The lowest BCUT2D eigenvalue weighted by Crippen LogP contribution is -2.30. The third kappa shape index (κ3) is 5.15.